The monoisotopic (exact) mass is 515 g/mol. The fourth-order valence-corrected chi connectivity index (χ4v) is 5.06. The van der Waals surface area contributed by atoms with Gasteiger partial charge in [0, 0.05) is 12.3 Å². The minimum atomic E-state index is -1.26. The van der Waals surface area contributed by atoms with E-state index in [0.717, 1.165) is 33.4 Å². The Balaban J connectivity index is 1.52. The molecule has 3 N–H and O–H groups in total. The number of aliphatic carboxylic acids is 1. The number of carboxylic acids is 1. The van der Waals surface area contributed by atoms with Crippen LogP contribution in [-0.4, -0.2) is 34.9 Å². The molecule has 3 aromatic carbocycles. The smallest absolute Gasteiger partial charge is 0.407 e. The molecule has 1 aliphatic carbocycles. The molecule has 0 saturated heterocycles. The predicted molar refractivity (Wildman–Crippen MR) is 149 cm³/mol. The summed E-state index contributed by atoms with van der Waals surface area (Å²) in [4.78, 5) is 25.0. The number of carboxylic acid groups (broad SMARTS) is 1. The molecule has 6 nitrogen and oxygen atoms in total. The summed E-state index contributed by atoms with van der Waals surface area (Å²) in [5.41, 5.74) is 6.04. The first-order chi connectivity index (χ1) is 17.8. The maximum Gasteiger partial charge on any atom is 0.407 e. The minimum absolute atomic E-state index is 0.0612. The Bertz CT molecular complexity index is 1320. The number of alkyl carbamates (subject to hydrolysis) is 1. The molecule has 1 aliphatic rings. The molecule has 6 heteroatoms. The Morgan fingerprint density at radius 3 is 1.95 bits per heavy atom. The first-order valence-electron chi connectivity index (χ1n) is 13.0. The van der Waals surface area contributed by atoms with Crippen LogP contribution >= 0.6 is 0 Å². The summed E-state index contributed by atoms with van der Waals surface area (Å²) in [6.45, 7) is 12.3. The SMILES string of the molecule is CC(C)(C)c1cc(CC(NC(=O)OCC2c3ccccc3-c3ccccc32)C(=O)O)c(O)c(C(C)(C)C)c1. The van der Waals surface area contributed by atoms with Crippen molar-refractivity contribution >= 4 is 12.1 Å². The lowest BCUT2D eigenvalue weighted by atomic mass is 9.78. The quantitative estimate of drug-likeness (QED) is 0.347. The molecule has 0 aromatic heterocycles. The molecule has 3 aromatic rings. The molecule has 1 amide bonds. The zero-order chi connectivity index (χ0) is 27.8. The molecule has 0 spiro atoms. The molecule has 4 rings (SSSR count). The number of phenols is 1. The fraction of sp³-hybridized carbons (Fsp3) is 0.375. The van der Waals surface area contributed by atoms with Crippen molar-refractivity contribution in [1.82, 2.24) is 5.32 Å². The summed E-state index contributed by atoms with van der Waals surface area (Å²) in [5, 5.41) is 23.5. The molecule has 200 valence electrons. The zero-order valence-corrected chi connectivity index (χ0v) is 23.0. The average molecular weight is 516 g/mol. The number of phenolic OH excluding ortho intramolecular Hbond substituents is 1. The van der Waals surface area contributed by atoms with E-state index in [-0.39, 0.29) is 35.5 Å². The van der Waals surface area contributed by atoms with E-state index in [0.29, 0.717) is 5.56 Å². The Kier molecular flexibility index (Phi) is 7.29. The zero-order valence-electron chi connectivity index (χ0n) is 23.0. The van der Waals surface area contributed by atoms with E-state index in [1.54, 1.807) is 0 Å². The normalized spacial score (nSPS) is 13.9. The highest BCUT2D eigenvalue weighted by atomic mass is 16.5. The summed E-state index contributed by atoms with van der Waals surface area (Å²) >= 11 is 0. The van der Waals surface area contributed by atoms with Crippen molar-refractivity contribution < 1.29 is 24.5 Å². The van der Waals surface area contributed by atoms with Gasteiger partial charge in [0.05, 0.1) is 0 Å². The highest BCUT2D eigenvalue weighted by Crippen LogP contribution is 2.44. The molecule has 1 atom stereocenters. The molecule has 38 heavy (non-hydrogen) atoms. The van der Waals surface area contributed by atoms with Crippen LogP contribution in [-0.2, 0) is 26.8 Å². The summed E-state index contributed by atoms with van der Waals surface area (Å²) in [7, 11) is 0. The lowest BCUT2D eigenvalue weighted by molar-refractivity contribution is -0.139. The van der Waals surface area contributed by atoms with Gasteiger partial charge >= 0.3 is 12.1 Å². The van der Waals surface area contributed by atoms with Crippen molar-refractivity contribution in [2.75, 3.05) is 6.61 Å². The number of rotatable bonds is 6. The van der Waals surface area contributed by atoms with Crippen molar-refractivity contribution in [2.24, 2.45) is 0 Å². The average Bonchev–Trinajstić information content (AvgIpc) is 3.15. The summed E-state index contributed by atoms with van der Waals surface area (Å²) in [6.07, 6.45) is -0.875. The molecule has 0 aliphatic heterocycles. The minimum Gasteiger partial charge on any atom is -0.507 e. The van der Waals surface area contributed by atoms with Gasteiger partial charge in [-0.3, -0.25) is 0 Å². The molecular weight excluding hydrogens is 478 g/mol. The number of carbonyl (C=O) groups is 2. The number of hydrogen-bond donors (Lipinski definition) is 3. The van der Waals surface area contributed by atoms with E-state index in [1.165, 1.54) is 0 Å². The Labute approximate surface area is 224 Å². The van der Waals surface area contributed by atoms with Crippen LogP contribution in [0.25, 0.3) is 11.1 Å². The number of hydrogen-bond acceptors (Lipinski definition) is 4. The van der Waals surface area contributed by atoms with Gasteiger partial charge in [-0.15, -0.1) is 0 Å². The van der Waals surface area contributed by atoms with Crippen LogP contribution in [0.2, 0.25) is 0 Å². The third kappa shape index (κ3) is 5.54. The molecular formula is C32H37NO5. The number of carbonyl (C=O) groups excluding carboxylic acids is 1. The highest BCUT2D eigenvalue weighted by molar-refractivity contribution is 5.81. The van der Waals surface area contributed by atoms with Crippen molar-refractivity contribution in [3.63, 3.8) is 0 Å². The van der Waals surface area contributed by atoms with Crippen molar-refractivity contribution in [3.05, 3.63) is 88.5 Å². The van der Waals surface area contributed by atoms with Gasteiger partial charge in [0.15, 0.2) is 0 Å². The van der Waals surface area contributed by atoms with Crippen LogP contribution in [0.3, 0.4) is 0 Å². The molecule has 0 bridgehead atoms. The first-order valence-corrected chi connectivity index (χ1v) is 13.0. The molecule has 0 saturated carbocycles. The highest BCUT2D eigenvalue weighted by Gasteiger charge is 2.31. The predicted octanol–water partition coefficient (Wildman–Crippen LogP) is 6.52. The Morgan fingerprint density at radius 2 is 1.45 bits per heavy atom. The van der Waals surface area contributed by atoms with E-state index in [9.17, 15) is 19.8 Å². The van der Waals surface area contributed by atoms with Crippen molar-refractivity contribution in [1.29, 1.82) is 0 Å². The molecule has 0 radical (unpaired) electrons. The lowest BCUT2D eigenvalue weighted by Crippen LogP contribution is -2.43. The second-order valence-electron chi connectivity index (χ2n) is 12.1. The first kappa shape index (κ1) is 27.2. The molecule has 0 heterocycles. The Hall–Kier alpha value is -3.80. The largest absolute Gasteiger partial charge is 0.507 e. The topological polar surface area (TPSA) is 95.9 Å². The third-order valence-electron chi connectivity index (χ3n) is 7.22. The number of aromatic hydroxyl groups is 1. The van der Waals surface area contributed by atoms with Crippen LogP contribution in [0.4, 0.5) is 4.79 Å². The number of amides is 1. The Morgan fingerprint density at radius 1 is 0.895 bits per heavy atom. The van der Waals surface area contributed by atoms with Gasteiger partial charge in [0.25, 0.3) is 0 Å². The summed E-state index contributed by atoms with van der Waals surface area (Å²) < 4.78 is 5.57. The van der Waals surface area contributed by atoms with Crippen molar-refractivity contribution in [2.45, 2.75) is 70.8 Å². The van der Waals surface area contributed by atoms with Gasteiger partial charge in [-0.05, 0) is 49.8 Å². The molecule has 0 fully saturated rings. The van der Waals surface area contributed by atoms with E-state index in [2.05, 4.69) is 38.2 Å². The standard InChI is InChI=1S/C32H37NO5/c1-31(2,3)20-15-19(28(34)26(17-20)32(4,5)6)16-27(29(35)36)33-30(37)38-18-25-23-13-9-7-11-21(23)22-12-8-10-14-24(22)25/h7-15,17,25,27,34H,16,18H2,1-6H3,(H,33,37)(H,35,36). The van der Waals surface area contributed by atoms with Crippen LogP contribution in [0, 0.1) is 0 Å². The van der Waals surface area contributed by atoms with Crippen LogP contribution < -0.4 is 5.32 Å². The number of benzene rings is 3. The van der Waals surface area contributed by atoms with E-state index >= 15 is 0 Å². The van der Waals surface area contributed by atoms with Gasteiger partial charge in [-0.1, -0.05) is 102 Å². The lowest BCUT2D eigenvalue weighted by Gasteiger charge is -2.28. The maximum absolute atomic E-state index is 12.8. The van der Waals surface area contributed by atoms with E-state index in [4.69, 9.17) is 4.74 Å². The van der Waals surface area contributed by atoms with E-state index in [1.807, 2.05) is 69.3 Å². The van der Waals surface area contributed by atoms with Gasteiger partial charge in [0.1, 0.15) is 18.4 Å². The van der Waals surface area contributed by atoms with Gasteiger partial charge < -0.3 is 20.3 Å². The second-order valence-corrected chi connectivity index (χ2v) is 12.1. The maximum atomic E-state index is 12.8. The van der Waals surface area contributed by atoms with Gasteiger partial charge in [-0.2, -0.15) is 0 Å². The van der Waals surface area contributed by atoms with E-state index < -0.39 is 18.1 Å². The summed E-state index contributed by atoms with van der Waals surface area (Å²) in [5.74, 6) is -1.26. The third-order valence-corrected chi connectivity index (χ3v) is 7.22. The van der Waals surface area contributed by atoms with Crippen LogP contribution in [0.5, 0.6) is 5.75 Å². The van der Waals surface area contributed by atoms with Gasteiger partial charge in [0.2, 0.25) is 0 Å². The number of ether oxygens (including phenoxy) is 1. The fourth-order valence-electron chi connectivity index (χ4n) is 5.06. The summed E-state index contributed by atoms with van der Waals surface area (Å²) in [6, 6.07) is 18.6. The molecule has 1 unspecified atom stereocenters. The van der Waals surface area contributed by atoms with Gasteiger partial charge in [-0.25, -0.2) is 9.59 Å². The second kappa shape index (κ2) is 10.2. The van der Waals surface area contributed by atoms with Crippen LogP contribution in [0.15, 0.2) is 60.7 Å². The number of fused-ring (bicyclic) bond motifs is 3. The van der Waals surface area contributed by atoms with Crippen LogP contribution in [0.1, 0.15) is 75.3 Å². The number of nitrogens with one attached hydrogen (secondary N) is 1. The van der Waals surface area contributed by atoms with Crippen molar-refractivity contribution in [3.8, 4) is 16.9 Å².